The first-order valence-corrected chi connectivity index (χ1v) is 7.69. The number of aryl methyl sites for hydroxylation is 1. The third-order valence-electron chi connectivity index (χ3n) is 2.52. The van der Waals surface area contributed by atoms with Gasteiger partial charge in [0.05, 0.1) is 0 Å². The third kappa shape index (κ3) is 2.76. The van der Waals surface area contributed by atoms with Crippen molar-refractivity contribution < 1.29 is 0 Å². The fraction of sp³-hybridized carbons (Fsp3) is 0.231. The Kier molecular flexibility index (Phi) is 4.22. The van der Waals surface area contributed by atoms with Gasteiger partial charge in [0.25, 0.3) is 0 Å². The van der Waals surface area contributed by atoms with E-state index in [9.17, 15) is 0 Å². The molecule has 0 aliphatic rings. The predicted octanol–water partition coefficient (Wildman–Crippen LogP) is 5.50. The van der Waals surface area contributed by atoms with Gasteiger partial charge in [-0.1, -0.05) is 56.1 Å². The molecule has 1 heterocycles. The van der Waals surface area contributed by atoms with Crippen LogP contribution in [0.2, 0.25) is 0 Å². The summed E-state index contributed by atoms with van der Waals surface area (Å²) in [7, 11) is 0. The van der Waals surface area contributed by atoms with Crippen molar-refractivity contribution >= 4 is 43.2 Å². The molecule has 3 heteroatoms. The summed E-state index contributed by atoms with van der Waals surface area (Å²) in [4.78, 5) is 1.79. The molecule has 0 amide bonds. The molecule has 1 unspecified atom stereocenters. The van der Waals surface area contributed by atoms with E-state index in [4.69, 9.17) is 0 Å². The van der Waals surface area contributed by atoms with E-state index in [2.05, 4.69) is 74.5 Å². The largest absolute Gasteiger partial charge is 0.149 e. The molecule has 0 spiro atoms. The Morgan fingerprint density at radius 3 is 2.75 bits per heavy atom. The maximum absolute atomic E-state index is 3.77. The van der Waals surface area contributed by atoms with E-state index in [-0.39, 0.29) is 0 Å². The Bertz CT molecular complexity index is 463. The first-order chi connectivity index (χ1) is 7.68. The Hall–Kier alpha value is -0.120. The summed E-state index contributed by atoms with van der Waals surface area (Å²) >= 11 is 9.24. The van der Waals surface area contributed by atoms with E-state index in [0.29, 0.717) is 4.83 Å². The van der Waals surface area contributed by atoms with E-state index >= 15 is 0 Å². The van der Waals surface area contributed by atoms with Gasteiger partial charge in [0.2, 0.25) is 0 Å². The molecule has 0 N–H and O–H groups in total. The zero-order valence-corrected chi connectivity index (χ0v) is 12.9. The minimum atomic E-state index is 0.375. The predicted molar refractivity (Wildman–Crippen MR) is 78.6 cm³/mol. The summed E-state index contributed by atoms with van der Waals surface area (Å²) in [6.45, 7) is 2.12. The number of alkyl halides is 1. The average Bonchev–Trinajstić information content (AvgIpc) is 2.74. The molecule has 2 rings (SSSR count). The van der Waals surface area contributed by atoms with Gasteiger partial charge >= 0.3 is 0 Å². The lowest BCUT2D eigenvalue weighted by Crippen LogP contribution is -1.96. The quantitative estimate of drug-likeness (QED) is 0.635. The number of thiophene rings is 1. The molecule has 0 radical (unpaired) electrons. The summed E-state index contributed by atoms with van der Waals surface area (Å²) in [5.74, 6) is 0. The van der Waals surface area contributed by atoms with Crippen LogP contribution in [0.4, 0.5) is 0 Å². The van der Waals surface area contributed by atoms with Gasteiger partial charge in [0, 0.05) is 14.2 Å². The fourth-order valence-corrected chi connectivity index (χ4v) is 4.17. The van der Waals surface area contributed by atoms with Crippen molar-refractivity contribution in [1.29, 1.82) is 0 Å². The zero-order valence-electron chi connectivity index (χ0n) is 8.91. The maximum atomic E-state index is 3.77. The third-order valence-corrected chi connectivity index (χ3v) is 5.32. The summed E-state index contributed by atoms with van der Waals surface area (Å²) in [6.07, 6.45) is 1.04. The molecule has 1 aromatic heterocycles. The first-order valence-electron chi connectivity index (χ1n) is 5.10. The Labute approximate surface area is 117 Å². The highest BCUT2D eigenvalue weighted by Crippen LogP contribution is 2.34. The van der Waals surface area contributed by atoms with E-state index in [0.717, 1.165) is 6.42 Å². The lowest BCUT2D eigenvalue weighted by atomic mass is 10.1. The molecule has 0 aliphatic heterocycles. The zero-order chi connectivity index (χ0) is 11.5. The van der Waals surface area contributed by atoms with Crippen molar-refractivity contribution in [2.45, 2.75) is 18.2 Å². The van der Waals surface area contributed by atoms with Gasteiger partial charge in [0.1, 0.15) is 0 Å². The van der Waals surface area contributed by atoms with Crippen molar-refractivity contribution in [3.8, 4) is 0 Å². The number of hydrogen-bond donors (Lipinski definition) is 0. The summed E-state index contributed by atoms with van der Waals surface area (Å²) < 4.78 is 1.22. The van der Waals surface area contributed by atoms with Gasteiger partial charge in [0.15, 0.2) is 0 Å². The molecule has 1 aromatic carbocycles. The van der Waals surface area contributed by atoms with Gasteiger partial charge in [-0.05, 0) is 35.9 Å². The molecule has 0 aliphatic carbocycles. The van der Waals surface area contributed by atoms with Crippen LogP contribution in [0.3, 0.4) is 0 Å². The molecule has 0 fully saturated rings. The molecule has 84 valence electrons. The highest BCUT2D eigenvalue weighted by Gasteiger charge is 2.13. The minimum absolute atomic E-state index is 0.375. The van der Waals surface area contributed by atoms with Crippen LogP contribution in [0.5, 0.6) is 0 Å². The summed E-state index contributed by atoms with van der Waals surface area (Å²) in [5.41, 5.74) is 2.61. The molecule has 1 atom stereocenters. The number of hydrogen-bond acceptors (Lipinski definition) is 1. The minimum Gasteiger partial charge on any atom is -0.149 e. The summed E-state index contributed by atoms with van der Waals surface area (Å²) in [6, 6.07) is 10.7. The van der Waals surface area contributed by atoms with Crippen LogP contribution in [0.15, 0.2) is 40.2 Å². The second kappa shape index (κ2) is 5.48. The van der Waals surface area contributed by atoms with Gasteiger partial charge in [-0.15, -0.1) is 11.3 Å². The molecule has 0 bridgehead atoms. The monoisotopic (exact) mass is 358 g/mol. The van der Waals surface area contributed by atoms with Crippen LogP contribution in [0.1, 0.15) is 20.8 Å². The van der Waals surface area contributed by atoms with Crippen molar-refractivity contribution in [1.82, 2.24) is 0 Å². The van der Waals surface area contributed by atoms with Crippen LogP contribution in [-0.2, 0) is 6.42 Å². The van der Waals surface area contributed by atoms with Crippen molar-refractivity contribution in [3.63, 3.8) is 0 Å². The van der Waals surface area contributed by atoms with Gasteiger partial charge < -0.3 is 0 Å². The highest BCUT2D eigenvalue weighted by molar-refractivity contribution is 9.11. The standard InChI is InChI=1S/C13H12Br2S/c1-9-4-2-6-11(13(9)15)12(14)8-10-5-3-7-16-10/h2-7,12H,8H2,1H3. The Morgan fingerprint density at radius 1 is 1.25 bits per heavy atom. The number of halogens is 2. The van der Waals surface area contributed by atoms with E-state index in [1.54, 1.807) is 0 Å². The van der Waals surface area contributed by atoms with Crippen LogP contribution >= 0.6 is 43.2 Å². The molecule has 0 saturated heterocycles. The lowest BCUT2D eigenvalue weighted by molar-refractivity contribution is 0.959. The molecule has 0 saturated carbocycles. The van der Waals surface area contributed by atoms with Crippen LogP contribution in [0, 0.1) is 6.92 Å². The van der Waals surface area contributed by atoms with E-state index in [1.807, 2.05) is 11.3 Å². The Balaban J connectivity index is 2.21. The van der Waals surface area contributed by atoms with E-state index < -0.39 is 0 Å². The topological polar surface area (TPSA) is 0 Å². The van der Waals surface area contributed by atoms with Crippen LogP contribution in [0.25, 0.3) is 0 Å². The summed E-state index contributed by atoms with van der Waals surface area (Å²) in [5, 5.41) is 2.13. The smallest absolute Gasteiger partial charge is 0.0454 e. The van der Waals surface area contributed by atoms with Gasteiger partial charge in [-0.3, -0.25) is 0 Å². The van der Waals surface area contributed by atoms with Crippen molar-refractivity contribution in [2.24, 2.45) is 0 Å². The average molecular weight is 360 g/mol. The Morgan fingerprint density at radius 2 is 2.06 bits per heavy atom. The van der Waals surface area contributed by atoms with Gasteiger partial charge in [-0.2, -0.15) is 0 Å². The number of rotatable bonds is 3. The highest BCUT2D eigenvalue weighted by atomic mass is 79.9. The lowest BCUT2D eigenvalue weighted by Gasteiger charge is -2.12. The van der Waals surface area contributed by atoms with Crippen molar-refractivity contribution in [3.05, 3.63) is 56.2 Å². The van der Waals surface area contributed by atoms with Crippen LogP contribution in [-0.4, -0.2) is 0 Å². The maximum Gasteiger partial charge on any atom is 0.0454 e. The van der Waals surface area contributed by atoms with Gasteiger partial charge in [-0.25, -0.2) is 0 Å². The molecular formula is C13H12Br2S. The van der Waals surface area contributed by atoms with Crippen molar-refractivity contribution in [2.75, 3.05) is 0 Å². The molecule has 2 aromatic rings. The SMILES string of the molecule is Cc1cccc(C(Br)Cc2cccs2)c1Br. The first kappa shape index (κ1) is 12.3. The normalized spacial score (nSPS) is 12.7. The van der Waals surface area contributed by atoms with Crippen LogP contribution < -0.4 is 0 Å². The second-order valence-electron chi connectivity index (χ2n) is 3.73. The number of benzene rings is 1. The second-order valence-corrected chi connectivity index (χ2v) is 6.66. The molecule has 0 nitrogen and oxygen atoms in total. The molecular weight excluding hydrogens is 348 g/mol. The molecule has 16 heavy (non-hydrogen) atoms. The fourth-order valence-electron chi connectivity index (χ4n) is 1.63. The van der Waals surface area contributed by atoms with E-state index in [1.165, 1.54) is 20.5 Å².